The Morgan fingerprint density at radius 1 is 0.886 bits per heavy atom. The topological polar surface area (TPSA) is 51.9 Å². The summed E-state index contributed by atoms with van der Waals surface area (Å²) in [6.45, 7) is 0. The van der Waals surface area contributed by atoms with Crippen molar-refractivity contribution in [2.45, 2.75) is 5.54 Å². The number of fused-ring (bicyclic) bond motifs is 1. The van der Waals surface area contributed by atoms with Gasteiger partial charge in [-0.25, -0.2) is 4.98 Å². The van der Waals surface area contributed by atoms with Crippen LogP contribution >= 0.6 is 23.2 Å². The van der Waals surface area contributed by atoms with E-state index in [-0.39, 0.29) is 5.56 Å². The third-order valence-corrected chi connectivity index (χ3v) is 7.16. The van der Waals surface area contributed by atoms with E-state index in [2.05, 4.69) is 22.4 Å². The zero-order chi connectivity index (χ0) is 24.7. The number of pyridine rings is 1. The quantitative estimate of drug-likeness (QED) is 0.332. The highest BCUT2D eigenvalue weighted by atomic mass is 35.5. The van der Waals surface area contributed by atoms with Crippen molar-refractivity contribution in [1.82, 2.24) is 19.4 Å². The lowest BCUT2D eigenvalue weighted by molar-refractivity contribution is 0.493. The molecule has 2 heterocycles. The number of benzene rings is 3. The third-order valence-electron chi connectivity index (χ3n) is 6.67. The Kier molecular flexibility index (Phi) is 6.01. The van der Waals surface area contributed by atoms with Gasteiger partial charge >= 0.3 is 0 Å². The van der Waals surface area contributed by atoms with E-state index < -0.39 is 5.54 Å². The first kappa shape index (κ1) is 23.4. The molecule has 176 valence electrons. The van der Waals surface area contributed by atoms with E-state index >= 15 is 0 Å². The maximum Gasteiger partial charge on any atom is 0.251 e. The van der Waals surface area contributed by atoms with Crippen molar-refractivity contribution in [1.29, 1.82) is 0 Å². The molecule has 2 aromatic heterocycles. The molecule has 0 amide bonds. The molecule has 7 heteroatoms. The molecule has 0 saturated carbocycles. The number of imidazole rings is 1. The number of nitrogens with one attached hydrogen (secondary N) is 1. The summed E-state index contributed by atoms with van der Waals surface area (Å²) < 4.78 is 3.68. The summed E-state index contributed by atoms with van der Waals surface area (Å²) in [7, 11) is 5.70. The highest BCUT2D eigenvalue weighted by molar-refractivity contribution is 6.31. The summed E-state index contributed by atoms with van der Waals surface area (Å²) in [5, 5.41) is 5.81. The van der Waals surface area contributed by atoms with Crippen LogP contribution in [0.3, 0.4) is 0 Å². The van der Waals surface area contributed by atoms with Gasteiger partial charge in [-0.15, -0.1) is 0 Å². The molecule has 1 unspecified atom stereocenters. The van der Waals surface area contributed by atoms with E-state index in [1.54, 1.807) is 24.0 Å². The Morgan fingerprint density at radius 3 is 2.29 bits per heavy atom. The molecule has 0 aliphatic heterocycles. The summed E-state index contributed by atoms with van der Waals surface area (Å²) in [5.41, 5.74) is 4.74. The third kappa shape index (κ3) is 3.86. The smallest absolute Gasteiger partial charge is 0.251 e. The molecule has 3 aromatic carbocycles. The molecule has 5 rings (SSSR count). The number of hydrogen-bond donors (Lipinski definition) is 1. The van der Waals surface area contributed by atoms with Crippen LogP contribution in [0.5, 0.6) is 0 Å². The minimum Gasteiger partial charge on any atom is -0.335 e. The average Bonchev–Trinajstić information content (AvgIpc) is 3.29. The van der Waals surface area contributed by atoms with Gasteiger partial charge < -0.3 is 14.5 Å². The predicted molar refractivity (Wildman–Crippen MR) is 143 cm³/mol. The van der Waals surface area contributed by atoms with Crippen molar-refractivity contribution in [2.75, 3.05) is 7.05 Å². The number of nitrogens with zero attached hydrogens (tertiary/aromatic N) is 3. The molecule has 0 spiro atoms. The van der Waals surface area contributed by atoms with Crippen molar-refractivity contribution in [3.05, 3.63) is 123 Å². The summed E-state index contributed by atoms with van der Waals surface area (Å²) in [5.74, 6) is 0. The maximum atomic E-state index is 12.8. The van der Waals surface area contributed by atoms with Gasteiger partial charge in [0.2, 0.25) is 0 Å². The van der Waals surface area contributed by atoms with Gasteiger partial charge in [0.05, 0.1) is 23.7 Å². The predicted octanol–water partition coefficient (Wildman–Crippen LogP) is 5.76. The van der Waals surface area contributed by atoms with Gasteiger partial charge in [0.1, 0.15) is 5.54 Å². The molecular weight excluding hydrogens is 479 g/mol. The van der Waals surface area contributed by atoms with Crippen molar-refractivity contribution >= 4 is 34.1 Å². The fraction of sp³-hybridized carbons (Fsp3) is 0.143. The van der Waals surface area contributed by atoms with Crippen LogP contribution in [0.1, 0.15) is 16.8 Å². The van der Waals surface area contributed by atoms with Crippen LogP contribution in [0, 0.1) is 0 Å². The first-order valence-corrected chi connectivity index (χ1v) is 11.9. The molecule has 0 aliphatic carbocycles. The van der Waals surface area contributed by atoms with E-state index in [1.807, 2.05) is 79.5 Å². The molecule has 35 heavy (non-hydrogen) atoms. The molecule has 1 N–H and O–H groups in total. The van der Waals surface area contributed by atoms with E-state index in [9.17, 15) is 4.79 Å². The second-order valence-electron chi connectivity index (χ2n) is 8.59. The van der Waals surface area contributed by atoms with E-state index in [0.717, 1.165) is 38.9 Å². The zero-order valence-corrected chi connectivity index (χ0v) is 21.1. The lowest BCUT2D eigenvalue weighted by Gasteiger charge is -2.35. The van der Waals surface area contributed by atoms with E-state index in [0.29, 0.717) is 10.0 Å². The Labute approximate surface area is 213 Å². The average molecular weight is 503 g/mol. The maximum absolute atomic E-state index is 12.8. The fourth-order valence-corrected chi connectivity index (χ4v) is 5.20. The molecule has 0 aliphatic rings. The number of halogens is 2. The minimum atomic E-state index is -0.718. The van der Waals surface area contributed by atoms with Gasteiger partial charge in [-0.3, -0.25) is 4.79 Å². The molecule has 5 aromatic rings. The minimum absolute atomic E-state index is 0.0792. The molecule has 5 nitrogen and oxygen atoms in total. The van der Waals surface area contributed by atoms with Gasteiger partial charge in [0.15, 0.2) is 0 Å². The monoisotopic (exact) mass is 502 g/mol. The number of hydrogen-bond acceptors (Lipinski definition) is 3. The molecule has 0 bridgehead atoms. The van der Waals surface area contributed by atoms with Crippen LogP contribution in [-0.4, -0.2) is 21.2 Å². The second kappa shape index (κ2) is 9.00. The van der Waals surface area contributed by atoms with Gasteiger partial charge in [-0.1, -0.05) is 53.5 Å². The summed E-state index contributed by atoms with van der Waals surface area (Å²) >= 11 is 12.5. The van der Waals surface area contributed by atoms with Gasteiger partial charge in [0.25, 0.3) is 5.56 Å². The molecular formula is C28H24Cl2N4O. The highest BCUT2D eigenvalue weighted by Crippen LogP contribution is 2.39. The normalized spacial score (nSPS) is 13.2. The van der Waals surface area contributed by atoms with Crippen LogP contribution < -0.4 is 10.9 Å². The highest BCUT2D eigenvalue weighted by Gasteiger charge is 2.37. The zero-order valence-electron chi connectivity index (χ0n) is 19.6. The number of rotatable bonds is 5. The number of aryl methyl sites for hydroxylation is 2. The Bertz CT molecular complexity index is 1600. The van der Waals surface area contributed by atoms with Crippen LogP contribution in [0.15, 0.2) is 90.1 Å². The van der Waals surface area contributed by atoms with Crippen LogP contribution in [0.4, 0.5) is 0 Å². The van der Waals surface area contributed by atoms with Crippen LogP contribution in [-0.2, 0) is 19.6 Å². The van der Waals surface area contributed by atoms with Gasteiger partial charge in [0, 0.05) is 35.6 Å². The van der Waals surface area contributed by atoms with E-state index in [1.165, 1.54) is 0 Å². The SMILES string of the molecule is CNC(c1ccc(Cl)cc1)(c1ccc2c(c1)c(-c1cccc(Cl)c1)cc(=O)n2C)c1cncn1C. The lowest BCUT2D eigenvalue weighted by atomic mass is 9.79. The van der Waals surface area contributed by atoms with Crippen LogP contribution in [0.25, 0.3) is 22.0 Å². The molecule has 0 fully saturated rings. The van der Waals surface area contributed by atoms with Gasteiger partial charge in [-0.2, -0.15) is 0 Å². The summed E-state index contributed by atoms with van der Waals surface area (Å²) in [6.07, 6.45) is 3.66. The second-order valence-corrected chi connectivity index (χ2v) is 9.47. The lowest BCUT2D eigenvalue weighted by Crippen LogP contribution is -2.43. The van der Waals surface area contributed by atoms with Crippen LogP contribution in [0.2, 0.25) is 10.0 Å². The first-order chi connectivity index (χ1) is 16.8. The molecule has 0 radical (unpaired) electrons. The Balaban J connectivity index is 1.87. The molecule has 1 atom stereocenters. The Hall–Kier alpha value is -3.38. The summed E-state index contributed by atoms with van der Waals surface area (Å²) in [6, 6.07) is 23.3. The van der Waals surface area contributed by atoms with Crippen molar-refractivity contribution in [2.24, 2.45) is 14.1 Å². The number of aromatic nitrogens is 3. The largest absolute Gasteiger partial charge is 0.335 e. The summed E-state index contributed by atoms with van der Waals surface area (Å²) in [4.78, 5) is 17.2. The van der Waals surface area contributed by atoms with Gasteiger partial charge in [-0.05, 0) is 65.7 Å². The van der Waals surface area contributed by atoms with Crippen molar-refractivity contribution in [3.8, 4) is 11.1 Å². The standard InChI is InChI=1S/C28H24Cl2N4O/c1-31-28(26-16-32-17-33(26)2,19-7-10-21(29)11-8-19)20-9-12-25-24(14-20)23(15-27(35)34(25)3)18-5-4-6-22(30)13-18/h4-17,31H,1-3H3. The fourth-order valence-electron chi connectivity index (χ4n) is 4.89. The molecule has 0 saturated heterocycles. The van der Waals surface area contributed by atoms with Crippen molar-refractivity contribution < 1.29 is 0 Å². The van der Waals surface area contributed by atoms with E-state index in [4.69, 9.17) is 23.2 Å². The first-order valence-electron chi connectivity index (χ1n) is 11.2. The van der Waals surface area contributed by atoms with Crippen molar-refractivity contribution in [3.63, 3.8) is 0 Å². The Morgan fingerprint density at radius 2 is 1.63 bits per heavy atom.